The minimum atomic E-state index is -4.68. The second kappa shape index (κ2) is 3.79. The molecule has 0 aliphatic carbocycles. The van der Waals surface area contributed by atoms with Gasteiger partial charge in [0.25, 0.3) is 0 Å². The highest BCUT2D eigenvalue weighted by atomic mass is 19.4. The molecule has 0 spiro atoms. The van der Waals surface area contributed by atoms with Gasteiger partial charge in [-0.2, -0.15) is 13.2 Å². The number of nitrogens with zero attached hydrogens (tertiary/aromatic N) is 1. The lowest BCUT2D eigenvalue weighted by Gasteiger charge is -2.10. The van der Waals surface area contributed by atoms with Crippen molar-refractivity contribution < 1.29 is 23.1 Å². The van der Waals surface area contributed by atoms with E-state index in [1.54, 1.807) is 0 Å². The van der Waals surface area contributed by atoms with Crippen LogP contribution in [0.1, 0.15) is 0 Å². The molecule has 0 unspecified atom stereocenters. The Balaban J connectivity index is 4.13. The lowest BCUT2D eigenvalue weighted by Crippen LogP contribution is -2.47. The van der Waals surface area contributed by atoms with Crippen LogP contribution < -0.4 is 10.9 Å². The maximum atomic E-state index is 11.7. The number of carboxylic acid groups (broad SMARTS) is 1. The van der Waals surface area contributed by atoms with Crippen molar-refractivity contribution in [1.82, 2.24) is 10.9 Å². The summed E-state index contributed by atoms with van der Waals surface area (Å²) in [7, 11) is 0.888. The van der Waals surface area contributed by atoms with Crippen molar-refractivity contribution in [1.29, 1.82) is 0 Å². The van der Waals surface area contributed by atoms with Gasteiger partial charge in [0.15, 0.2) is 0 Å². The number of nitrogens with one attached hydrogen (secondary N) is 2. The largest absolute Gasteiger partial charge is 0.464 e. The van der Waals surface area contributed by atoms with E-state index in [9.17, 15) is 18.0 Å². The number of hydrazine groups is 1. The van der Waals surface area contributed by atoms with Crippen LogP contribution in [0.2, 0.25) is 0 Å². The fourth-order valence-corrected chi connectivity index (χ4v) is 0.366. The highest BCUT2D eigenvalue weighted by Gasteiger charge is 2.35. The van der Waals surface area contributed by atoms with Crippen LogP contribution in [0.4, 0.5) is 18.0 Å². The molecule has 0 aliphatic heterocycles. The molecule has 0 rings (SSSR count). The Kier molecular flexibility index (Phi) is 3.32. The molecule has 70 valence electrons. The van der Waals surface area contributed by atoms with E-state index in [1.807, 2.05) is 0 Å². The SMILES string of the molecule is CN=C(NNC(=O)O)C(F)(F)F. The predicted octanol–water partition coefficient (Wildman–Crippen LogP) is 0.349. The number of hydrogen-bond acceptors (Lipinski definition) is 2. The third kappa shape index (κ3) is 3.64. The summed E-state index contributed by atoms with van der Waals surface area (Å²) in [5, 5.41) is 7.93. The molecule has 1 amide bonds. The zero-order valence-corrected chi connectivity index (χ0v) is 5.94. The van der Waals surface area contributed by atoms with Gasteiger partial charge in [-0.25, -0.2) is 10.2 Å². The van der Waals surface area contributed by atoms with Crippen molar-refractivity contribution in [2.24, 2.45) is 4.99 Å². The maximum Gasteiger partial charge on any atom is 0.450 e. The smallest absolute Gasteiger partial charge is 0.450 e. The normalized spacial score (nSPS) is 12.5. The zero-order valence-electron chi connectivity index (χ0n) is 5.94. The highest BCUT2D eigenvalue weighted by Crippen LogP contribution is 2.14. The quantitative estimate of drug-likeness (QED) is 0.289. The van der Waals surface area contributed by atoms with Crippen molar-refractivity contribution in [3.05, 3.63) is 0 Å². The fraction of sp³-hybridized carbons (Fsp3) is 0.500. The van der Waals surface area contributed by atoms with Crippen molar-refractivity contribution in [2.45, 2.75) is 6.18 Å². The molecule has 0 aromatic carbocycles. The third-order valence-electron chi connectivity index (χ3n) is 0.780. The topological polar surface area (TPSA) is 73.7 Å². The Labute approximate surface area is 65.3 Å². The molecule has 0 saturated heterocycles. The van der Waals surface area contributed by atoms with E-state index in [1.165, 1.54) is 10.9 Å². The van der Waals surface area contributed by atoms with Crippen molar-refractivity contribution >= 4 is 11.9 Å². The standard InChI is InChI=1S/C4H6F3N3O2/c1-8-2(4(5,6)7)9-10-3(11)12/h10H,1H3,(H,8,9)(H,11,12). The summed E-state index contributed by atoms with van der Waals surface area (Å²) in [5.74, 6) is -1.40. The lowest BCUT2D eigenvalue weighted by molar-refractivity contribution is -0.0623. The molecule has 0 aromatic heterocycles. The number of alkyl halides is 3. The van der Waals surface area contributed by atoms with Crippen LogP contribution in [0.25, 0.3) is 0 Å². The molecule has 0 radical (unpaired) electrons. The molecule has 8 heteroatoms. The highest BCUT2D eigenvalue weighted by molar-refractivity contribution is 5.88. The van der Waals surface area contributed by atoms with E-state index in [4.69, 9.17) is 5.11 Å². The summed E-state index contributed by atoms with van der Waals surface area (Å²) in [6.45, 7) is 0. The number of carbonyl (C=O) groups is 1. The molecule has 3 N–H and O–H groups in total. The van der Waals surface area contributed by atoms with Gasteiger partial charge in [-0.05, 0) is 0 Å². The van der Waals surface area contributed by atoms with E-state index in [-0.39, 0.29) is 0 Å². The Morgan fingerprint density at radius 1 is 1.42 bits per heavy atom. The number of amides is 1. The van der Waals surface area contributed by atoms with Crippen LogP contribution in [0.3, 0.4) is 0 Å². The first-order valence-corrected chi connectivity index (χ1v) is 2.67. The molecule has 0 atom stereocenters. The molecular weight excluding hydrogens is 179 g/mol. The lowest BCUT2D eigenvalue weighted by atomic mass is 10.6. The second-order valence-electron chi connectivity index (χ2n) is 1.63. The van der Waals surface area contributed by atoms with E-state index in [2.05, 4.69) is 4.99 Å². The summed E-state index contributed by atoms with van der Waals surface area (Å²) in [6.07, 6.45) is -6.31. The number of rotatable bonds is 0. The number of amidine groups is 1. The summed E-state index contributed by atoms with van der Waals surface area (Å²) in [5.41, 5.74) is 2.70. The Hall–Kier alpha value is -1.47. The molecule has 0 fully saturated rings. The van der Waals surface area contributed by atoms with Gasteiger partial charge in [0.1, 0.15) is 0 Å². The van der Waals surface area contributed by atoms with Gasteiger partial charge in [-0.15, -0.1) is 0 Å². The van der Waals surface area contributed by atoms with E-state index < -0.39 is 18.1 Å². The molecule has 0 aromatic rings. The molecule has 0 aliphatic rings. The van der Waals surface area contributed by atoms with Crippen LogP contribution in [-0.2, 0) is 0 Å². The van der Waals surface area contributed by atoms with Gasteiger partial charge in [-0.1, -0.05) is 0 Å². The first-order valence-electron chi connectivity index (χ1n) is 2.67. The molecular formula is C4H6F3N3O2. The Morgan fingerprint density at radius 3 is 2.17 bits per heavy atom. The summed E-state index contributed by atoms with van der Waals surface area (Å²) in [6, 6.07) is 0. The molecule has 12 heavy (non-hydrogen) atoms. The molecule has 0 heterocycles. The summed E-state index contributed by atoms with van der Waals surface area (Å²) >= 11 is 0. The van der Waals surface area contributed by atoms with Gasteiger partial charge in [-0.3, -0.25) is 10.4 Å². The molecule has 0 saturated carbocycles. The molecule has 0 bridgehead atoms. The number of hydrogen-bond donors (Lipinski definition) is 3. The van der Waals surface area contributed by atoms with Crippen molar-refractivity contribution in [3.8, 4) is 0 Å². The average Bonchev–Trinajstić information content (AvgIpc) is 1.85. The van der Waals surface area contributed by atoms with Gasteiger partial charge in [0.05, 0.1) is 0 Å². The maximum absolute atomic E-state index is 11.7. The first-order chi connectivity index (χ1) is 5.38. The van der Waals surface area contributed by atoms with Crippen molar-refractivity contribution in [3.63, 3.8) is 0 Å². The summed E-state index contributed by atoms with van der Waals surface area (Å²) < 4.78 is 35.2. The van der Waals surface area contributed by atoms with E-state index >= 15 is 0 Å². The van der Waals surface area contributed by atoms with Crippen LogP contribution in [0.5, 0.6) is 0 Å². The third-order valence-corrected chi connectivity index (χ3v) is 0.780. The van der Waals surface area contributed by atoms with Crippen LogP contribution in [-0.4, -0.2) is 30.3 Å². The fourth-order valence-electron chi connectivity index (χ4n) is 0.366. The molecule has 5 nitrogen and oxygen atoms in total. The van der Waals surface area contributed by atoms with Gasteiger partial charge >= 0.3 is 12.3 Å². The first kappa shape index (κ1) is 10.5. The van der Waals surface area contributed by atoms with E-state index in [0.717, 1.165) is 7.05 Å². The van der Waals surface area contributed by atoms with Crippen LogP contribution >= 0.6 is 0 Å². The van der Waals surface area contributed by atoms with Crippen LogP contribution in [0, 0.1) is 0 Å². The summed E-state index contributed by atoms with van der Waals surface area (Å²) in [4.78, 5) is 12.5. The number of aliphatic imine (C=N–C) groups is 1. The number of halogens is 3. The van der Waals surface area contributed by atoms with E-state index in [0.29, 0.717) is 0 Å². The second-order valence-corrected chi connectivity index (χ2v) is 1.63. The van der Waals surface area contributed by atoms with Crippen molar-refractivity contribution in [2.75, 3.05) is 7.05 Å². The average molecular weight is 185 g/mol. The predicted molar refractivity (Wildman–Crippen MR) is 33.7 cm³/mol. The Morgan fingerprint density at radius 2 is 1.92 bits per heavy atom. The zero-order chi connectivity index (χ0) is 9.78. The Bertz CT molecular complexity index is 200. The van der Waals surface area contributed by atoms with Gasteiger partial charge < -0.3 is 5.11 Å². The monoisotopic (exact) mass is 185 g/mol. The van der Waals surface area contributed by atoms with Gasteiger partial charge in [0.2, 0.25) is 5.84 Å². The minimum Gasteiger partial charge on any atom is -0.464 e. The van der Waals surface area contributed by atoms with Crippen LogP contribution in [0.15, 0.2) is 4.99 Å². The van der Waals surface area contributed by atoms with Gasteiger partial charge in [0, 0.05) is 7.05 Å². The minimum absolute atomic E-state index is 0.888.